The molecule has 0 aliphatic heterocycles. The number of hydrogen-bond donors (Lipinski definition) is 2. The van der Waals surface area contributed by atoms with Crippen molar-refractivity contribution in [2.24, 2.45) is 0 Å². The highest BCUT2D eigenvalue weighted by atomic mass is 35.5. The average molecular weight is 202 g/mol. The second-order valence-electron chi connectivity index (χ2n) is 2.70. The third-order valence-electron chi connectivity index (χ3n) is 1.64. The van der Waals surface area contributed by atoms with E-state index in [4.69, 9.17) is 11.6 Å². The molecule has 2 N–H and O–H groups in total. The summed E-state index contributed by atoms with van der Waals surface area (Å²) >= 11 is 5.76. The Morgan fingerprint density at radius 2 is 2.46 bits per heavy atom. The third kappa shape index (κ3) is 2.73. The number of nitrogens with zero attached hydrogens (tertiary/aromatic N) is 1. The summed E-state index contributed by atoms with van der Waals surface area (Å²) in [6.07, 6.45) is 3.50. The lowest BCUT2D eigenvalue weighted by atomic mass is 10.3. The quantitative estimate of drug-likeness (QED) is 0.729. The number of hydrogen-bond acceptors (Lipinski definition) is 3. The Morgan fingerprint density at radius 1 is 1.69 bits per heavy atom. The van der Waals surface area contributed by atoms with Crippen LogP contribution in [0.3, 0.4) is 0 Å². The van der Waals surface area contributed by atoms with Crippen molar-refractivity contribution >= 4 is 17.3 Å². The Hall–Kier alpha value is -1.03. The van der Waals surface area contributed by atoms with Crippen molar-refractivity contribution in [1.29, 1.82) is 0 Å². The molecule has 72 valence electrons. The third-order valence-corrected chi connectivity index (χ3v) is 1.93. The highest BCUT2D eigenvalue weighted by Gasteiger charge is 2.03. The first-order valence-corrected chi connectivity index (χ1v) is 4.60. The van der Waals surface area contributed by atoms with Crippen molar-refractivity contribution in [3.63, 3.8) is 0 Å². The molecular weight excluding hydrogens is 190 g/mol. The number of anilines is 1. The van der Waals surface area contributed by atoms with Gasteiger partial charge in [0.15, 0.2) is 0 Å². The van der Waals surface area contributed by atoms with Crippen LogP contribution in [0.25, 0.3) is 0 Å². The van der Waals surface area contributed by atoms with Gasteiger partial charge in [0.1, 0.15) is 5.69 Å². The van der Waals surface area contributed by atoms with Gasteiger partial charge in [-0.2, -0.15) is 5.10 Å². The summed E-state index contributed by atoms with van der Waals surface area (Å²) in [5.74, 6) is 0. The van der Waals surface area contributed by atoms with Crippen LogP contribution in [-0.4, -0.2) is 16.7 Å². The molecule has 0 fully saturated rings. The van der Waals surface area contributed by atoms with E-state index in [1.54, 1.807) is 0 Å². The molecule has 0 bridgehead atoms. The first-order chi connectivity index (χ1) is 6.25. The largest absolute Gasteiger partial charge is 0.379 e. The Labute approximate surface area is 81.3 Å². The normalized spacial score (nSPS) is 10.0. The molecule has 1 aromatic heterocycles. The number of halogens is 1. The number of aromatic nitrogens is 2. The van der Waals surface area contributed by atoms with E-state index in [0.29, 0.717) is 10.7 Å². The van der Waals surface area contributed by atoms with Crippen molar-refractivity contribution in [3.05, 3.63) is 21.6 Å². The fraction of sp³-hybridized carbons (Fsp3) is 0.500. The van der Waals surface area contributed by atoms with Gasteiger partial charge in [0, 0.05) is 6.54 Å². The van der Waals surface area contributed by atoms with E-state index in [0.717, 1.165) is 19.4 Å². The number of rotatable bonds is 4. The molecule has 1 aromatic rings. The van der Waals surface area contributed by atoms with Crippen molar-refractivity contribution in [3.8, 4) is 0 Å². The lowest BCUT2D eigenvalue weighted by Gasteiger charge is -2.04. The molecule has 0 saturated carbocycles. The Kier molecular flexibility index (Phi) is 3.76. The molecule has 0 aliphatic rings. The van der Waals surface area contributed by atoms with Crippen LogP contribution < -0.4 is 10.9 Å². The van der Waals surface area contributed by atoms with E-state index in [1.165, 1.54) is 6.20 Å². The SMILES string of the molecule is CCCCNc1c(Cl)cn[nH]c1=O. The van der Waals surface area contributed by atoms with Crippen molar-refractivity contribution < 1.29 is 0 Å². The standard InChI is InChI=1S/C8H12ClN3O/c1-2-3-4-10-7-6(9)5-11-12-8(7)13/h5H,2-4H2,1H3,(H,10,11)(H,12,13). The van der Waals surface area contributed by atoms with Crippen LogP contribution in [-0.2, 0) is 0 Å². The fourth-order valence-corrected chi connectivity index (χ4v) is 1.13. The maximum absolute atomic E-state index is 11.2. The summed E-state index contributed by atoms with van der Waals surface area (Å²) in [5, 5.41) is 9.21. The van der Waals surface area contributed by atoms with Gasteiger partial charge in [-0.1, -0.05) is 24.9 Å². The van der Waals surface area contributed by atoms with E-state index in [1.807, 2.05) is 0 Å². The number of aromatic amines is 1. The summed E-state index contributed by atoms with van der Waals surface area (Å²) in [6.45, 7) is 2.84. The summed E-state index contributed by atoms with van der Waals surface area (Å²) in [7, 11) is 0. The topological polar surface area (TPSA) is 57.8 Å². The molecule has 0 aliphatic carbocycles. The first kappa shape index (κ1) is 10.1. The van der Waals surface area contributed by atoms with Gasteiger partial charge in [0.25, 0.3) is 5.56 Å². The molecule has 0 spiro atoms. The van der Waals surface area contributed by atoms with E-state index < -0.39 is 0 Å². The molecule has 1 heterocycles. The molecule has 4 nitrogen and oxygen atoms in total. The van der Waals surface area contributed by atoms with Gasteiger partial charge in [-0.15, -0.1) is 0 Å². The lowest BCUT2D eigenvalue weighted by Crippen LogP contribution is -2.16. The zero-order valence-electron chi connectivity index (χ0n) is 7.43. The maximum Gasteiger partial charge on any atom is 0.289 e. The molecule has 0 amide bonds. The predicted molar refractivity (Wildman–Crippen MR) is 53.3 cm³/mol. The smallest absolute Gasteiger partial charge is 0.289 e. The molecule has 5 heteroatoms. The highest BCUT2D eigenvalue weighted by molar-refractivity contribution is 6.32. The minimum atomic E-state index is -0.274. The molecule has 0 aromatic carbocycles. The van der Waals surface area contributed by atoms with Gasteiger partial charge in [-0.25, -0.2) is 5.10 Å². The first-order valence-electron chi connectivity index (χ1n) is 4.22. The number of nitrogens with one attached hydrogen (secondary N) is 2. The van der Waals surface area contributed by atoms with Gasteiger partial charge in [-0.3, -0.25) is 4.79 Å². The molecule has 0 radical (unpaired) electrons. The second kappa shape index (κ2) is 4.87. The zero-order valence-corrected chi connectivity index (χ0v) is 8.19. The zero-order chi connectivity index (χ0) is 9.68. The van der Waals surface area contributed by atoms with E-state index in [-0.39, 0.29) is 5.56 Å². The highest BCUT2D eigenvalue weighted by Crippen LogP contribution is 2.13. The van der Waals surface area contributed by atoms with E-state index >= 15 is 0 Å². The van der Waals surface area contributed by atoms with Crippen molar-refractivity contribution in [2.75, 3.05) is 11.9 Å². The van der Waals surface area contributed by atoms with Crippen LogP contribution in [0.4, 0.5) is 5.69 Å². The number of unbranched alkanes of at least 4 members (excludes halogenated alkanes) is 1. The van der Waals surface area contributed by atoms with Crippen LogP contribution in [0.15, 0.2) is 11.0 Å². The molecule has 1 rings (SSSR count). The summed E-state index contributed by atoms with van der Waals surface area (Å²) in [6, 6.07) is 0. The minimum Gasteiger partial charge on any atom is -0.379 e. The summed E-state index contributed by atoms with van der Waals surface area (Å²) in [4.78, 5) is 11.2. The van der Waals surface area contributed by atoms with Crippen LogP contribution >= 0.6 is 11.6 Å². The van der Waals surface area contributed by atoms with Gasteiger partial charge < -0.3 is 5.32 Å². The molecular formula is C8H12ClN3O. The average Bonchev–Trinajstić information content (AvgIpc) is 2.10. The molecule has 0 atom stereocenters. The van der Waals surface area contributed by atoms with Crippen LogP contribution in [0, 0.1) is 0 Å². The van der Waals surface area contributed by atoms with Crippen molar-refractivity contribution in [1.82, 2.24) is 10.2 Å². The molecule has 0 saturated heterocycles. The monoisotopic (exact) mass is 201 g/mol. The Bertz CT molecular complexity index is 323. The fourth-order valence-electron chi connectivity index (χ4n) is 0.931. The maximum atomic E-state index is 11.2. The Balaban J connectivity index is 2.70. The van der Waals surface area contributed by atoms with Crippen molar-refractivity contribution in [2.45, 2.75) is 19.8 Å². The van der Waals surface area contributed by atoms with Crippen LogP contribution in [0.2, 0.25) is 5.02 Å². The number of H-pyrrole nitrogens is 1. The summed E-state index contributed by atoms with van der Waals surface area (Å²) < 4.78 is 0. The van der Waals surface area contributed by atoms with Gasteiger partial charge in [-0.05, 0) is 6.42 Å². The molecule has 13 heavy (non-hydrogen) atoms. The summed E-state index contributed by atoms with van der Waals surface area (Å²) in [5.41, 5.74) is 0.133. The van der Waals surface area contributed by atoms with Gasteiger partial charge >= 0.3 is 0 Å². The van der Waals surface area contributed by atoms with Gasteiger partial charge in [0.05, 0.1) is 11.2 Å². The van der Waals surface area contributed by atoms with E-state index in [9.17, 15) is 4.79 Å². The molecule has 0 unspecified atom stereocenters. The van der Waals surface area contributed by atoms with Crippen LogP contribution in [0.5, 0.6) is 0 Å². The van der Waals surface area contributed by atoms with Crippen LogP contribution in [0.1, 0.15) is 19.8 Å². The lowest BCUT2D eigenvalue weighted by molar-refractivity contribution is 0.831. The van der Waals surface area contributed by atoms with Gasteiger partial charge in [0.2, 0.25) is 0 Å². The predicted octanol–water partition coefficient (Wildman–Crippen LogP) is 1.64. The minimum absolute atomic E-state index is 0.274. The Morgan fingerprint density at radius 3 is 3.08 bits per heavy atom. The second-order valence-corrected chi connectivity index (χ2v) is 3.11. The van der Waals surface area contributed by atoms with E-state index in [2.05, 4.69) is 22.4 Å².